The average molecular weight is 887 g/mol. The molecule has 69 heavy (non-hydrogen) atoms. The highest BCUT2D eigenvalue weighted by atomic mass is 15.2. The van der Waals surface area contributed by atoms with Crippen LogP contribution >= 0.6 is 0 Å². The highest BCUT2D eigenvalue weighted by Crippen LogP contribution is 2.53. The molecule has 0 unspecified atom stereocenters. The summed E-state index contributed by atoms with van der Waals surface area (Å²) in [5.41, 5.74) is 16.0. The van der Waals surface area contributed by atoms with Crippen molar-refractivity contribution in [1.29, 1.82) is 0 Å². The summed E-state index contributed by atoms with van der Waals surface area (Å²) >= 11 is 0. The van der Waals surface area contributed by atoms with Gasteiger partial charge in [0, 0.05) is 38.3 Å². The van der Waals surface area contributed by atoms with E-state index in [-0.39, 0.29) is 5.41 Å². The highest BCUT2D eigenvalue weighted by molar-refractivity contribution is 6.21. The van der Waals surface area contributed by atoms with Gasteiger partial charge in [0.1, 0.15) is 0 Å². The van der Waals surface area contributed by atoms with Gasteiger partial charge in [-0.25, -0.2) is 4.98 Å². The zero-order valence-electron chi connectivity index (χ0n) is 39.3. The molecule has 0 atom stereocenters. The largest absolute Gasteiger partial charge is 0.277 e. The molecule has 1 aliphatic rings. The van der Waals surface area contributed by atoms with Crippen LogP contribution in [0.1, 0.15) is 45.2 Å². The van der Waals surface area contributed by atoms with Crippen LogP contribution in [0.3, 0.4) is 0 Å². The van der Waals surface area contributed by atoms with Crippen molar-refractivity contribution in [3.8, 4) is 73.2 Å². The second kappa shape index (κ2) is 17.0. The maximum absolute atomic E-state index is 5.46. The first-order valence-corrected chi connectivity index (χ1v) is 24.1. The number of para-hydroxylation sites is 1. The van der Waals surface area contributed by atoms with Gasteiger partial charge in [-0.2, -0.15) is 9.97 Å². The van der Waals surface area contributed by atoms with E-state index < -0.39 is 0 Å². The molecule has 0 N–H and O–H groups in total. The Balaban J connectivity index is 0.00000160. The van der Waals surface area contributed by atoms with E-state index in [1.165, 1.54) is 39.4 Å². The van der Waals surface area contributed by atoms with Gasteiger partial charge in [0.2, 0.25) is 5.95 Å². The molecule has 0 amide bonds. The number of hydrogen-bond donors (Lipinski definition) is 0. The smallest absolute Gasteiger partial charge is 0.238 e. The minimum absolute atomic E-state index is 0.189. The van der Waals surface area contributed by atoms with E-state index >= 15 is 0 Å². The number of nitrogens with zero attached hydrogens (tertiary/aromatic N) is 4. The Morgan fingerprint density at radius 3 is 1.46 bits per heavy atom. The number of rotatable bonds is 6. The summed E-state index contributed by atoms with van der Waals surface area (Å²) in [6, 6.07) is 78.4. The van der Waals surface area contributed by atoms with Gasteiger partial charge in [-0.05, 0) is 72.3 Å². The lowest BCUT2D eigenvalue weighted by Crippen LogP contribution is -2.15. The summed E-state index contributed by atoms with van der Waals surface area (Å²) in [6.45, 7) is 8.99. The Kier molecular flexibility index (Phi) is 10.3. The molecular formula is C65H50N4. The van der Waals surface area contributed by atoms with Crippen LogP contribution in [0.25, 0.3) is 117 Å². The van der Waals surface area contributed by atoms with Gasteiger partial charge < -0.3 is 0 Å². The van der Waals surface area contributed by atoms with Crippen LogP contribution in [0.4, 0.5) is 0 Å². The van der Waals surface area contributed by atoms with Crippen molar-refractivity contribution in [2.24, 2.45) is 0 Å². The van der Waals surface area contributed by atoms with Crippen LogP contribution in [0.5, 0.6) is 0 Å². The summed E-state index contributed by atoms with van der Waals surface area (Å²) < 4.78 is 2.31. The van der Waals surface area contributed by atoms with Crippen LogP contribution in [-0.4, -0.2) is 19.5 Å². The minimum atomic E-state index is -0.189. The predicted octanol–water partition coefficient (Wildman–Crippen LogP) is 17.3. The molecule has 4 heteroatoms. The van der Waals surface area contributed by atoms with Crippen LogP contribution in [-0.2, 0) is 5.41 Å². The third kappa shape index (κ3) is 7.10. The van der Waals surface area contributed by atoms with E-state index in [1.54, 1.807) is 0 Å². The number of benzene rings is 10. The topological polar surface area (TPSA) is 43.6 Å². The summed E-state index contributed by atoms with van der Waals surface area (Å²) in [5, 5.41) is 7.15. The zero-order chi connectivity index (χ0) is 46.6. The Morgan fingerprint density at radius 1 is 0.362 bits per heavy atom. The molecular weight excluding hydrogens is 837 g/mol. The Labute approximate surface area is 403 Å². The molecule has 2 heterocycles. The fourth-order valence-corrected chi connectivity index (χ4v) is 10.5. The molecule has 0 fully saturated rings. The van der Waals surface area contributed by atoms with Crippen molar-refractivity contribution in [3.63, 3.8) is 0 Å². The summed E-state index contributed by atoms with van der Waals surface area (Å²) in [6.07, 6.45) is 1.25. The fraction of sp³-hybridized carbons (Fsp3) is 0.0923. The summed E-state index contributed by atoms with van der Waals surface area (Å²) in [7, 11) is 0. The lowest BCUT2D eigenvalue weighted by molar-refractivity contribution is 0.661. The normalized spacial score (nSPS) is 12.5. The van der Waals surface area contributed by atoms with Crippen molar-refractivity contribution < 1.29 is 0 Å². The van der Waals surface area contributed by atoms with Crippen molar-refractivity contribution in [2.45, 2.75) is 39.5 Å². The maximum Gasteiger partial charge on any atom is 0.238 e. The summed E-state index contributed by atoms with van der Waals surface area (Å²) in [5.74, 6) is 1.79. The monoisotopic (exact) mass is 886 g/mol. The summed E-state index contributed by atoms with van der Waals surface area (Å²) in [4.78, 5) is 16.2. The van der Waals surface area contributed by atoms with E-state index in [4.69, 9.17) is 15.0 Å². The molecule has 10 aromatic carbocycles. The first-order valence-electron chi connectivity index (χ1n) is 24.1. The van der Waals surface area contributed by atoms with Gasteiger partial charge in [0.15, 0.2) is 11.6 Å². The zero-order valence-corrected chi connectivity index (χ0v) is 39.3. The molecule has 0 saturated carbocycles. The SMILES string of the molecule is CC1(C)c2cc(-c3cccc4c5ccc6ccccc6c5n(-c5nc(-c6ccc(-c7ccccc7)cc6)nc(-c6ccc(-c7ccccc7)cc6)n5)c34)ccc2-c2c1ccc1ccccc21.CCC. The first-order chi connectivity index (χ1) is 33.9. The van der Waals surface area contributed by atoms with Gasteiger partial charge in [0.25, 0.3) is 0 Å². The second-order valence-corrected chi connectivity index (χ2v) is 18.7. The lowest BCUT2D eigenvalue weighted by atomic mass is 9.81. The first kappa shape index (κ1) is 41.9. The van der Waals surface area contributed by atoms with E-state index in [9.17, 15) is 0 Å². The molecule has 0 spiro atoms. The fourth-order valence-electron chi connectivity index (χ4n) is 10.5. The van der Waals surface area contributed by atoms with Gasteiger partial charge in [-0.3, -0.25) is 4.57 Å². The molecule has 13 rings (SSSR count). The van der Waals surface area contributed by atoms with Crippen molar-refractivity contribution in [2.75, 3.05) is 0 Å². The molecule has 1 aliphatic carbocycles. The van der Waals surface area contributed by atoms with Crippen molar-refractivity contribution >= 4 is 43.4 Å². The molecule has 2 aromatic heterocycles. The second-order valence-electron chi connectivity index (χ2n) is 18.7. The molecule has 0 radical (unpaired) electrons. The number of aromatic nitrogens is 4. The number of fused-ring (bicyclic) bond motifs is 10. The Hall–Kier alpha value is -8.47. The van der Waals surface area contributed by atoms with E-state index in [2.05, 4.69) is 239 Å². The van der Waals surface area contributed by atoms with Crippen LogP contribution < -0.4 is 0 Å². The number of hydrogen-bond acceptors (Lipinski definition) is 3. The van der Waals surface area contributed by atoms with E-state index in [1.807, 2.05) is 12.1 Å². The van der Waals surface area contributed by atoms with E-state index in [0.717, 1.165) is 77.1 Å². The van der Waals surface area contributed by atoms with Gasteiger partial charge >= 0.3 is 0 Å². The Bertz CT molecular complexity index is 3780. The van der Waals surface area contributed by atoms with Gasteiger partial charge in [-0.1, -0.05) is 246 Å². The molecule has 4 nitrogen and oxygen atoms in total. The highest BCUT2D eigenvalue weighted by Gasteiger charge is 2.37. The maximum atomic E-state index is 5.46. The van der Waals surface area contributed by atoms with Crippen LogP contribution in [0.2, 0.25) is 0 Å². The lowest BCUT2D eigenvalue weighted by Gasteiger charge is -2.22. The molecule has 330 valence electrons. The molecule has 0 bridgehead atoms. The van der Waals surface area contributed by atoms with Crippen molar-refractivity contribution in [3.05, 3.63) is 230 Å². The predicted molar refractivity (Wildman–Crippen MR) is 290 cm³/mol. The van der Waals surface area contributed by atoms with Crippen molar-refractivity contribution in [1.82, 2.24) is 19.5 Å². The van der Waals surface area contributed by atoms with Crippen LogP contribution in [0.15, 0.2) is 218 Å². The van der Waals surface area contributed by atoms with E-state index in [0.29, 0.717) is 17.6 Å². The van der Waals surface area contributed by atoms with Crippen LogP contribution in [0, 0.1) is 0 Å². The quantitative estimate of drug-likeness (QED) is 0.167. The standard InChI is InChI=1S/C62H42N4.C3H8/c1-62(2)54-37-34-43-18-9-11-20-48(43)56(54)53-36-33-47(38-55(53)62)50-22-13-23-51-52-35-32-44-19-10-12-21-49(44)57(52)66(58(50)51)61-64-59(45-28-24-41(25-29-45)39-14-5-3-6-15-39)63-60(65-61)46-30-26-42(27-31-46)40-16-7-4-8-17-40;1-3-2/h3-38H,1-2H3;3H2,1-2H3. The third-order valence-electron chi connectivity index (χ3n) is 13.9. The third-order valence-corrected chi connectivity index (χ3v) is 13.9. The average Bonchev–Trinajstić information content (AvgIpc) is 3.88. The van der Waals surface area contributed by atoms with Gasteiger partial charge in [-0.15, -0.1) is 0 Å². The molecule has 0 aliphatic heterocycles. The Morgan fingerprint density at radius 2 is 0.841 bits per heavy atom. The molecule has 12 aromatic rings. The minimum Gasteiger partial charge on any atom is -0.277 e. The van der Waals surface area contributed by atoms with Gasteiger partial charge in [0.05, 0.1) is 11.0 Å². The molecule has 0 saturated heterocycles.